The molecular formula is C12H18FN. The molecule has 0 unspecified atom stereocenters. The van der Waals surface area contributed by atoms with Gasteiger partial charge in [-0.05, 0) is 32.4 Å². The van der Waals surface area contributed by atoms with Crippen LogP contribution >= 0.6 is 0 Å². The second kappa shape index (κ2) is 5.76. The first-order chi connectivity index (χ1) is 6.74. The Morgan fingerprint density at radius 1 is 1.43 bits per heavy atom. The molecule has 0 aliphatic carbocycles. The normalized spacial score (nSPS) is 12.8. The van der Waals surface area contributed by atoms with E-state index in [1.165, 1.54) is 11.1 Å². The van der Waals surface area contributed by atoms with Crippen LogP contribution in [0.3, 0.4) is 0 Å². The van der Waals surface area contributed by atoms with E-state index < -0.39 is 0 Å². The van der Waals surface area contributed by atoms with Crippen molar-refractivity contribution in [1.82, 2.24) is 5.32 Å². The Bertz CT molecular complexity index is 273. The van der Waals surface area contributed by atoms with Crippen molar-refractivity contribution in [2.24, 2.45) is 0 Å². The summed E-state index contributed by atoms with van der Waals surface area (Å²) in [5.41, 5.74) is 2.53. The minimum absolute atomic E-state index is 0.243. The van der Waals surface area contributed by atoms with Crippen LogP contribution in [0.25, 0.3) is 0 Å². The van der Waals surface area contributed by atoms with Crippen LogP contribution < -0.4 is 5.32 Å². The molecule has 1 nitrogen and oxygen atoms in total. The molecule has 1 rings (SSSR count). The van der Waals surface area contributed by atoms with Crippen LogP contribution in [0.4, 0.5) is 4.39 Å². The summed E-state index contributed by atoms with van der Waals surface area (Å²) in [6, 6.07) is 8.70. The summed E-state index contributed by atoms with van der Waals surface area (Å²) in [6.45, 7) is 4.68. The molecule has 2 heteroatoms. The lowest BCUT2D eigenvalue weighted by molar-refractivity contribution is 0.446. The Morgan fingerprint density at radius 3 is 2.86 bits per heavy atom. The molecule has 0 saturated heterocycles. The molecule has 0 aromatic heterocycles. The average Bonchev–Trinajstić information content (AvgIpc) is 2.18. The van der Waals surface area contributed by atoms with Crippen LogP contribution in [0.1, 0.15) is 30.5 Å². The molecule has 0 heterocycles. The van der Waals surface area contributed by atoms with Gasteiger partial charge in [-0.2, -0.15) is 0 Å². The lowest BCUT2D eigenvalue weighted by Crippen LogP contribution is -2.20. The second-order valence-corrected chi connectivity index (χ2v) is 3.63. The number of hydrogen-bond acceptors (Lipinski definition) is 1. The van der Waals surface area contributed by atoms with Crippen molar-refractivity contribution in [3.05, 3.63) is 35.4 Å². The standard InChI is InChI=1S/C12H18FN/c1-10-5-3-6-12(9-10)11(2)14-8-4-7-13/h3,5-6,9,11,14H,4,7-8H2,1-2H3/t11-/m1/s1. The van der Waals surface area contributed by atoms with Crippen molar-refractivity contribution in [1.29, 1.82) is 0 Å². The van der Waals surface area contributed by atoms with E-state index in [2.05, 4.69) is 43.4 Å². The summed E-state index contributed by atoms with van der Waals surface area (Å²) in [5.74, 6) is 0. The number of hydrogen-bond donors (Lipinski definition) is 1. The van der Waals surface area contributed by atoms with Gasteiger partial charge in [0.25, 0.3) is 0 Å². The third-order valence-electron chi connectivity index (χ3n) is 2.30. The van der Waals surface area contributed by atoms with Crippen LogP contribution in [-0.2, 0) is 0 Å². The summed E-state index contributed by atoms with van der Waals surface area (Å²) in [4.78, 5) is 0. The van der Waals surface area contributed by atoms with Crippen molar-refractivity contribution >= 4 is 0 Å². The van der Waals surface area contributed by atoms with Gasteiger partial charge in [0.1, 0.15) is 0 Å². The van der Waals surface area contributed by atoms with Gasteiger partial charge in [-0.1, -0.05) is 29.8 Å². The van der Waals surface area contributed by atoms with Gasteiger partial charge in [-0.25, -0.2) is 0 Å². The zero-order chi connectivity index (χ0) is 10.4. The highest BCUT2D eigenvalue weighted by molar-refractivity contribution is 5.24. The largest absolute Gasteiger partial charge is 0.310 e. The predicted octanol–water partition coefficient (Wildman–Crippen LogP) is 3.01. The fraction of sp³-hybridized carbons (Fsp3) is 0.500. The van der Waals surface area contributed by atoms with Gasteiger partial charge >= 0.3 is 0 Å². The SMILES string of the molecule is Cc1cccc([C@@H](C)NCCCF)c1. The third kappa shape index (κ3) is 3.46. The van der Waals surface area contributed by atoms with Crippen LogP contribution in [0, 0.1) is 6.92 Å². The summed E-state index contributed by atoms with van der Waals surface area (Å²) in [5, 5.41) is 3.29. The van der Waals surface area contributed by atoms with Crippen molar-refractivity contribution in [2.45, 2.75) is 26.3 Å². The summed E-state index contributed by atoms with van der Waals surface area (Å²) >= 11 is 0. The topological polar surface area (TPSA) is 12.0 Å². The van der Waals surface area contributed by atoms with Crippen LogP contribution in [0.2, 0.25) is 0 Å². The van der Waals surface area contributed by atoms with Gasteiger partial charge < -0.3 is 5.32 Å². The zero-order valence-electron chi connectivity index (χ0n) is 8.89. The number of rotatable bonds is 5. The minimum atomic E-state index is -0.243. The predicted molar refractivity (Wildman–Crippen MR) is 58.2 cm³/mol. The molecule has 0 radical (unpaired) electrons. The molecule has 0 amide bonds. The fourth-order valence-corrected chi connectivity index (χ4v) is 1.44. The quantitative estimate of drug-likeness (QED) is 0.712. The van der Waals surface area contributed by atoms with E-state index in [0.29, 0.717) is 12.5 Å². The molecule has 0 fully saturated rings. The first kappa shape index (κ1) is 11.2. The van der Waals surface area contributed by atoms with Crippen LogP contribution in [0.5, 0.6) is 0 Å². The molecule has 1 aromatic rings. The Morgan fingerprint density at radius 2 is 2.21 bits per heavy atom. The van der Waals surface area contributed by atoms with Crippen molar-refractivity contribution in [3.8, 4) is 0 Å². The molecule has 0 aliphatic rings. The molecule has 1 aromatic carbocycles. The summed E-state index contributed by atoms with van der Waals surface area (Å²) < 4.78 is 11.9. The van der Waals surface area contributed by atoms with E-state index in [-0.39, 0.29) is 6.67 Å². The lowest BCUT2D eigenvalue weighted by Gasteiger charge is -2.14. The molecule has 0 aliphatic heterocycles. The molecule has 14 heavy (non-hydrogen) atoms. The Kier molecular flexibility index (Phi) is 4.60. The maximum atomic E-state index is 11.9. The molecule has 1 atom stereocenters. The number of halogens is 1. The highest BCUT2D eigenvalue weighted by Gasteiger charge is 2.03. The molecule has 0 spiro atoms. The summed E-state index contributed by atoms with van der Waals surface area (Å²) in [7, 11) is 0. The van der Waals surface area contributed by atoms with Gasteiger partial charge in [0.15, 0.2) is 0 Å². The van der Waals surface area contributed by atoms with Gasteiger partial charge in [-0.15, -0.1) is 0 Å². The van der Waals surface area contributed by atoms with Crippen LogP contribution in [-0.4, -0.2) is 13.2 Å². The van der Waals surface area contributed by atoms with Gasteiger partial charge in [-0.3, -0.25) is 4.39 Å². The van der Waals surface area contributed by atoms with E-state index in [1.807, 2.05) is 0 Å². The van der Waals surface area contributed by atoms with E-state index in [1.54, 1.807) is 0 Å². The van der Waals surface area contributed by atoms with Crippen molar-refractivity contribution in [3.63, 3.8) is 0 Å². The maximum absolute atomic E-state index is 11.9. The lowest BCUT2D eigenvalue weighted by atomic mass is 10.1. The summed E-state index contributed by atoms with van der Waals surface area (Å²) in [6.07, 6.45) is 0.593. The number of aryl methyl sites for hydroxylation is 1. The highest BCUT2D eigenvalue weighted by Crippen LogP contribution is 2.13. The number of alkyl halides is 1. The van der Waals surface area contributed by atoms with E-state index in [4.69, 9.17) is 0 Å². The molecule has 0 saturated carbocycles. The third-order valence-corrected chi connectivity index (χ3v) is 2.30. The highest BCUT2D eigenvalue weighted by atomic mass is 19.1. The van der Waals surface area contributed by atoms with Gasteiger partial charge in [0.05, 0.1) is 6.67 Å². The molecular weight excluding hydrogens is 177 g/mol. The zero-order valence-corrected chi connectivity index (χ0v) is 8.89. The van der Waals surface area contributed by atoms with Crippen molar-refractivity contribution < 1.29 is 4.39 Å². The number of nitrogens with one attached hydrogen (secondary N) is 1. The van der Waals surface area contributed by atoms with Gasteiger partial charge in [0.2, 0.25) is 0 Å². The maximum Gasteiger partial charge on any atom is 0.0906 e. The first-order valence-electron chi connectivity index (χ1n) is 5.10. The smallest absolute Gasteiger partial charge is 0.0906 e. The first-order valence-corrected chi connectivity index (χ1v) is 5.10. The molecule has 1 N–H and O–H groups in total. The fourth-order valence-electron chi connectivity index (χ4n) is 1.44. The van der Waals surface area contributed by atoms with E-state index >= 15 is 0 Å². The Hall–Kier alpha value is -0.890. The minimum Gasteiger partial charge on any atom is -0.310 e. The molecule has 0 bridgehead atoms. The van der Waals surface area contributed by atoms with Crippen LogP contribution in [0.15, 0.2) is 24.3 Å². The number of benzene rings is 1. The monoisotopic (exact) mass is 195 g/mol. The Balaban J connectivity index is 2.47. The average molecular weight is 195 g/mol. The Labute approximate surface area is 85.3 Å². The van der Waals surface area contributed by atoms with Gasteiger partial charge in [0, 0.05) is 6.04 Å². The molecule has 78 valence electrons. The van der Waals surface area contributed by atoms with E-state index in [0.717, 1.165) is 6.54 Å². The van der Waals surface area contributed by atoms with E-state index in [9.17, 15) is 4.39 Å². The van der Waals surface area contributed by atoms with Crippen molar-refractivity contribution in [2.75, 3.05) is 13.2 Å². The second-order valence-electron chi connectivity index (χ2n) is 3.63.